The molecule has 0 aromatic carbocycles. The Morgan fingerprint density at radius 2 is 2.00 bits per heavy atom. The summed E-state index contributed by atoms with van der Waals surface area (Å²) in [5.41, 5.74) is 0. The molecule has 6 heteroatoms. The van der Waals surface area contributed by atoms with Crippen molar-refractivity contribution < 1.29 is 4.79 Å². The standard InChI is InChI=1S/C13H22N4OS/c1-4-16(5-2)11(18)9-19-13-15-14-12(10-7-8-10)17(13)6-3/h10H,4-9H2,1-3H3. The molecule has 1 aromatic heterocycles. The van der Waals surface area contributed by atoms with Crippen LogP contribution in [-0.4, -0.2) is 44.4 Å². The second-order valence-electron chi connectivity index (χ2n) is 4.71. The van der Waals surface area contributed by atoms with Gasteiger partial charge in [-0.1, -0.05) is 11.8 Å². The van der Waals surface area contributed by atoms with E-state index in [2.05, 4.69) is 21.7 Å². The van der Waals surface area contributed by atoms with Crippen LogP contribution in [0.25, 0.3) is 0 Å². The molecule has 2 rings (SSSR count). The van der Waals surface area contributed by atoms with Gasteiger partial charge in [-0.15, -0.1) is 10.2 Å². The first-order valence-electron chi connectivity index (χ1n) is 7.04. The summed E-state index contributed by atoms with van der Waals surface area (Å²) >= 11 is 1.50. The van der Waals surface area contributed by atoms with Gasteiger partial charge in [0.1, 0.15) is 5.82 Å². The van der Waals surface area contributed by atoms with Crippen LogP contribution in [0.1, 0.15) is 45.4 Å². The highest BCUT2D eigenvalue weighted by atomic mass is 32.2. The van der Waals surface area contributed by atoms with E-state index in [1.54, 1.807) is 0 Å². The molecular weight excluding hydrogens is 260 g/mol. The number of amides is 1. The van der Waals surface area contributed by atoms with Gasteiger partial charge in [-0.2, -0.15) is 0 Å². The highest BCUT2D eigenvalue weighted by Gasteiger charge is 2.30. The van der Waals surface area contributed by atoms with Crippen molar-refractivity contribution in [2.24, 2.45) is 0 Å². The van der Waals surface area contributed by atoms with E-state index in [-0.39, 0.29) is 5.91 Å². The number of hydrogen-bond acceptors (Lipinski definition) is 4. The van der Waals surface area contributed by atoms with Gasteiger partial charge in [0.2, 0.25) is 5.91 Å². The number of rotatable bonds is 7. The van der Waals surface area contributed by atoms with Crippen LogP contribution in [0.4, 0.5) is 0 Å². The van der Waals surface area contributed by atoms with Gasteiger partial charge >= 0.3 is 0 Å². The Labute approximate surface area is 118 Å². The van der Waals surface area contributed by atoms with Crippen molar-refractivity contribution in [3.8, 4) is 0 Å². The lowest BCUT2D eigenvalue weighted by Crippen LogP contribution is -2.31. The van der Waals surface area contributed by atoms with E-state index in [9.17, 15) is 4.79 Å². The van der Waals surface area contributed by atoms with E-state index in [1.807, 2.05) is 18.7 Å². The first-order chi connectivity index (χ1) is 9.21. The van der Waals surface area contributed by atoms with E-state index in [0.717, 1.165) is 30.6 Å². The Balaban J connectivity index is 1.97. The fourth-order valence-electron chi connectivity index (χ4n) is 2.14. The largest absolute Gasteiger partial charge is 0.343 e. The van der Waals surface area contributed by atoms with Crippen LogP contribution in [0.3, 0.4) is 0 Å². The third-order valence-electron chi connectivity index (χ3n) is 3.45. The van der Waals surface area contributed by atoms with Crippen LogP contribution in [0, 0.1) is 0 Å². The van der Waals surface area contributed by atoms with Gasteiger partial charge in [-0.3, -0.25) is 4.79 Å². The zero-order chi connectivity index (χ0) is 13.8. The van der Waals surface area contributed by atoms with Gasteiger partial charge in [0.25, 0.3) is 0 Å². The average Bonchev–Trinajstić information content (AvgIpc) is 3.18. The maximum absolute atomic E-state index is 12.0. The molecule has 19 heavy (non-hydrogen) atoms. The molecule has 1 aliphatic carbocycles. The van der Waals surface area contributed by atoms with Crippen LogP contribution in [0.5, 0.6) is 0 Å². The van der Waals surface area contributed by atoms with Crippen molar-refractivity contribution in [1.82, 2.24) is 19.7 Å². The Kier molecular flexibility index (Phi) is 4.85. The van der Waals surface area contributed by atoms with Crippen LogP contribution in [-0.2, 0) is 11.3 Å². The molecule has 1 amide bonds. The summed E-state index contributed by atoms with van der Waals surface area (Å²) in [6.07, 6.45) is 2.45. The zero-order valence-corrected chi connectivity index (χ0v) is 12.7. The Morgan fingerprint density at radius 3 is 2.53 bits per heavy atom. The fourth-order valence-corrected chi connectivity index (χ4v) is 3.05. The molecule has 0 bridgehead atoms. The first kappa shape index (κ1) is 14.4. The van der Waals surface area contributed by atoms with Gasteiger partial charge in [0, 0.05) is 25.6 Å². The molecule has 5 nitrogen and oxygen atoms in total. The lowest BCUT2D eigenvalue weighted by molar-refractivity contribution is -0.127. The number of hydrogen-bond donors (Lipinski definition) is 0. The third kappa shape index (κ3) is 3.29. The van der Waals surface area contributed by atoms with Gasteiger partial charge in [0.15, 0.2) is 5.16 Å². The molecule has 0 aliphatic heterocycles. The number of carbonyl (C=O) groups excluding carboxylic acids is 1. The lowest BCUT2D eigenvalue weighted by atomic mass is 10.4. The van der Waals surface area contributed by atoms with Crippen molar-refractivity contribution in [2.45, 2.75) is 51.2 Å². The highest BCUT2D eigenvalue weighted by Crippen LogP contribution is 2.39. The smallest absolute Gasteiger partial charge is 0.233 e. The molecule has 0 saturated heterocycles. The molecule has 106 valence electrons. The Hall–Kier alpha value is -1.04. The molecule has 0 spiro atoms. The molecule has 0 unspecified atom stereocenters. The Morgan fingerprint density at radius 1 is 1.32 bits per heavy atom. The Bertz CT molecular complexity index is 438. The number of thioether (sulfide) groups is 1. The number of nitrogens with zero attached hydrogens (tertiary/aromatic N) is 4. The van der Waals surface area contributed by atoms with Crippen LogP contribution in [0.15, 0.2) is 5.16 Å². The van der Waals surface area contributed by atoms with Gasteiger partial charge < -0.3 is 9.47 Å². The molecular formula is C13H22N4OS. The van der Waals surface area contributed by atoms with Crippen molar-refractivity contribution >= 4 is 17.7 Å². The maximum atomic E-state index is 12.0. The van der Waals surface area contributed by atoms with Gasteiger partial charge in [0.05, 0.1) is 5.75 Å². The molecule has 1 fully saturated rings. The van der Waals surface area contributed by atoms with Crippen molar-refractivity contribution in [2.75, 3.05) is 18.8 Å². The molecule has 0 N–H and O–H groups in total. The molecule has 1 heterocycles. The third-order valence-corrected chi connectivity index (χ3v) is 4.40. The molecule has 1 aliphatic rings. The molecule has 0 radical (unpaired) electrons. The first-order valence-corrected chi connectivity index (χ1v) is 8.03. The highest BCUT2D eigenvalue weighted by molar-refractivity contribution is 7.99. The normalized spacial score (nSPS) is 14.7. The van der Waals surface area contributed by atoms with Gasteiger partial charge in [-0.05, 0) is 33.6 Å². The zero-order valence-electron chi connectivity index (χ0n) is 11.9. The number of aromatic nitrogens is 3. The lowest BCUT2D eigenvalue weighted by Gasteiger charge is -2.18. The quantitative estimate of drug-likeness (QED) is 0.719. The van der Waals surface area contributed by atoms with Crippen LogP contribution >= 0.6 is 11.8 Å². The fraction of sp³-hybridized carbons (Fsp3) is 0.769. The summed E-state index contributed by atoms with van der Waals surface area (Å²) < 4.78 is 2.15. The summed E-state index contributed by atoms with van der Waals surface area (Å²) in [6.45, 7) is 8.52. The van der Waals surface area contributed by atoms with E-state index in [1.165, 1.54) is 24.6 Å². The maximum Gasteiger partial charge on any atom is 0.233 e. The van der Waals surface area contributed by atoms with Crippen LogP contribution in [0.2, 0.25) is 0 Å². The molecule has 0 atom stereocenters. The van der Waals surface area contributed by atoms with Crippen molar-refractivity contribution in [1.29, 1.82) is 0 Å². The van der Waals surface area contributed by atoms with E-state index >= 15 is 0 Å². The predicted molar refractivity (Wildman–Crippen MR) is 76.3 cm³/mol. The molecule has 1 aromatic rings. The summed E-state index contributed by atoms with van der Waals surface area (Å²) in [7, 11) is 0. The monoisotopic (exact) mass is 282 g/mol. The minimum atomic E-state index is 0.175. The van der Waals surface area contributed by atoms with E-state index < -0.39 is 0 Å². The topological polar surface area (TPSA) is 51.0 Å². The summed E-state index contributed by atoms with van der Waals surface area (Å²) in [5, 5.41) is 9.40. The number of carbonyl (C=O) groups is 1. The SMILES string of the molecule is CCN(CC)C(=O)CSc1nnc(C2CC2)n1CC. The summed E-state index contributed by atoms with van der Waals surface area (Å²) in [5.74, 6) is 2.32. The minimum Gasteiger partial charge on any atom is -0.343 e. The van der Waals surface area contributed by atoms with Gasteiger partial charge in [-0.25, -0.2) is 0 Å². The summed E-state index contributed by atoms with van der Waals surface area (Å²) in [4.78, 5) is 13.8. The predicted octanol–water partition coefficient (Wildman–Crippen LogP) is 2.14. The molecule has 1 saturated carbocycles. The second kappa shape index (κ2) is 6.41. The van der Waals surface area contributed by atoms with Crippen molar-refractivity contribution in [3.05, 3.63) is 5.82 Å². The van der Waals surface area contributed by atoms with E-state index in [0.29, 0.717) is 11.7 Å². The average molecular weight is 282 g/mol. The second-order valence-corrected chi connectivity index (χ2v) is 5.66. The van der Waals surface area contributed by atoms with E-state index in [4.69, 9.17) is 0 Å². The minimum absolute atomic E-state index is 0.175. The summed E-state index contributed by atoms with van der Waals surface area (Å²) in [6, 6.07) is 0. The van der Waals surface area contributed by atoms with Crippen LogP contribution < -0.4 is 0 Å². The van der Waals surface area contributed by atoms with Crippen molar-refractivity contribution in [3.63, 3.8) is 0 Å².